The smallest absolute Gasteiger partial charge is 0.243 e. The molecule has 174 valence electrons. The average molecular weight is 477 g/mol. The first-order valence-corrected chi connectivity index (χ1v) is 12.2. The molecule has 0 aliphatic carbocycles. The zero-order valence-corrected chi connectivity index (χ0v) is 21.0. The van der Waals surface area contributed by atoms with Gasteiger partial charge in [0.25, 0.3) is 0 Å². The molecular formula is C26H34Cl2N2O2. The zero-order chi connectivity index (χ0) is 23.7. The van der Waals surface area contributed by atoms with E-state index in [1.54, 1.807) is 17.0 Å². The predicted octanol–water partition coefficient (Wildman–Crippen LogP) is 6.21. The van der Waals surface area contributed by atoms with E-state index in [2.05, 4.69) is 36.5 Å². The maximum Gasteiger partial charge on any atom is 0.243 e. The van der Waals surface area contributed by atoms with Crippen LogP contribution < -0.4 is 5.32 Å². The van der Waals surface area contributed by atoms with Crippen LogP contribution in [0.1, 0.15) is 63.6 Å². The highest BCUT2D eigenvalue weighted by Gasteiger charge is 2.29. The Balaban J connectivity index is 2.23. The van der Waals surface area contributed by atoms with Gasteiger partial charge < -0.3 is 10.2 Å². The van der Waals surface area contributed by atoms with Crippen molar-refractivity contribution in [2.24, 2.45) is 0 Å². The molecule has 0 aliphatic heterocycles. The number of nitrogens with zero attached hydrogens (tertiary/aromatic N) is 1. The lowest BCUT2D eigenvalue weighted by Gasteiger charge is -2.32. The topological polar surface area (TPSA) is 49.4 Å². The van der Waals surface area contributed by atoms with Gasteiger partial charge in [0.1, 0.15) is 6.04 Å². The molecule has 0 bridgehead atoms. The Morgan fingerprint density at radius 3 is 2.19 bits per heavy atom. The van der Waals surface area contributed by atoms with Crippen LogP contribution in [-0.2, 0) is 29.0 Å². The van der Waals surface area contributed by atoms with E-state index in [1.807, 2.05) is 26.8 Å². The summed E-state index contributed by atoms with van der Waals surface area (Å²) in [7, 11) is 0. The van der Waals surface area contributed by atoms with Crippen LogP contribution in [0.4, 0.5) is 0 Å². The SMILES string of the molecule is CCc1ccc(CCC(=O)N(Cc2ccc(Cl)cc2Cl)C(CC)C(=O)NC(C)CC)cc1. The molecule has 2 atom stereocenters. The van der Waals surface area contributed by atoms with Crippen molar-refractivity contribution < 1.29 is 9.59 Å². The third-order valence-corrected chi connectivity index (χ3v) is 6.39. The fraction of sp³-hybridized carbons (Fsp3) is 0.462. The molecule has 2 rings (SSSR count). The average Bonchev–Trinajstić information content (AvgIpc) is 2.78. The molecule has 2 aromatic carbocycles. The van der Waals surface area contributed by atoms with Crippen molar-refractivity contribution in [2.75, 3.05) is 0 Å². The van der Waals surface area contributed by atoms with E-state index in [4.69, 9.17) is 23.2 Å². The Kier molecular flexibility index (Phi) is 10.5. The van der Waals surface area contributed by atoms with Crippen molar-refractivity contribution in [2.45, 2.75) is 78.4 Å². The lowest BCUT2D eigenvalue weighted by molar-refractivity contribution is -0.141. The Bertz CT molecular complexity index is 899. The molecule has 0 heterocycles. The summed E-state index contributed by atoms with van der Waals surface area (Å²) in [5.41, 5.74) is 3.15. The molecule has 0 spiro atoms. The molecule has 0 aromatic heterocycles. The highest BCUT2D eigenvalue weighted by Crippen LogP contribution is 2.24. The van der Waals surface area contributed by atoms with Crippen molar-refractivity contribution in [1.29, 1.82) is 0 Å². The first kappa shape index (κ1) is 26.2. The minimum absolute atomic E-state index is 0.0460. The second-order valence-electron chi connectivity index (χ2n) is 8.17. The van der Waals surface area contributed by atoms with Gasteiger partial charge in [-0.25, -0.2) is 0 Å². The molecule has 32 heavy (non-hydrogen) atoms. The van der Waals surface area contributed by atoms with Crippen LogP contribution in [0.3, 0.4) is 0 Å². The van der Waals surface area contributed by atoms with Crippen molar-refractivity contribution in [1.82, 2.24) is 10.2 Å². The maximum absolute atomic E-state index is 13.4. The second-order valence-corrected chi connectivity index (χ2v) is 9.01. The summed E-state index contributed by atoms with van der Waals surface area (Å²) in [6.45, 7) is 8.29. The largest absolute Gasteiger partial charge is 0.352 e. The highest BCUT2D eigenvalue weighted by molar-refractivity contribution is 6.35. The molecule has 0 saturated carbocycles. The van der Waals surface area contributed by atoms with Gasteiger partial charge >= 0.3 is 0 Å². The van der Waals surface area contributed by atoms with Gasteiger partial charge in [-0.1, -0.05) is 74.3 Å². The van der Waals surface area contributed by atoms with Crippen LogP contribution in [0.2, 0.25) is 10.0 Å². The Labute approximate surface area is 202 Å². The number of carbonyl (C=O) groups is 2. The fourth-order valence-corrected chi connectivity index (χ4v) is 4.00. The van der Waals surface area contributed by atoms with E-state index in [1.165, 1.54) is 5.56 Å². The number of halogens is 2. The summed E-state index contributed by atoms with van der Waals surface area (Å²) in [4.78, 5) is 28.0. The highest BCUT2D eigenvalue weighted by atomic mass is 35.5. The first-order valence-electron chi connectivity index (χ1n) is 11.4. The number of nitrogens with one attached hydrogen (secondary N) is 1. The molecule has 0 radical (unpaired) electrons. The summed E-state index contributed by atoms with van der Waals surface area (Å²) in [6.07, 6.45) is 3.27. The number of aryl methyl sites for hydroxylation is 2. The minimum Gasteiger partial charge on any atom is -0.352 e. The molecule has 2 aromatic rings. The van der Waals surface area contributed by atoms with Crippen LogP contribution in [0, 0.1) is 0 Å². The monoisotopic (exact) mass is 476 g/mol. The Hall–Kier alpha value is -2.04. The van der Waals surface area contributed by atoms with Gasteiger partial charge in [-0.15, -0.1) is 0 Å². The Morgan fingerprint density at radius 1 is 0.969 bits per heavy atom. The molecule has 6 heteroatoms. The normalized spacial score (nSPS) is 12.8. The summed E-state index contributed by atoms with van der Waals surface area (Å²) in [5.74, 6) is -0.200. The lowest BCUT2D eigenvalue weighted by Crippen LogP contribution is -2.50. The summed E-state index contributed by atoms with van der Waals surface area (Å²) >= 11 is 12.4. The van der Waals surface area contributed by atoms with Crippen molar-refractivity contribution >= 4 is 35.0 Å². The number of hydrogen-bond donors (Lipinski definition) is 1. The molecule has 0 aliphatic rings. The molecule has 2 unspecified atom stereocenters. The number of hydrogen-bond acceptors (Lipinski definition) is 2. The summed E-state index contributed by atoms with van der Waals surface area (Å²) < 4.78 is 0. The van der Waals surface area contributed by atoms with Crippen LogP contribution in [0.25, 0.3) is 0 Å². The second kappa shape index (κ2) is 12.9. The third-order valence-electron chi connectivity index (χ3n) is 5.80. The van der Waals surface area contributed by atoms with Gasteiger partial charge in [-0.3, -0.25) is 9.59 Å². The van der Waals surface area contributed by atoms with Crippen molar-refractivity contribution in [3.8, 4) is 0 Å². The number of amides is 2. The lowest BCUT2D eigenvalue weighted by atomic mass is 10.0. The van der Waals surface area contributed by atoms with E-state index in [-0.39, 0.29) is 24.4 Å². The molecule has 1 N–H and O–H groups in total. The van der Waals surface area contributed by atoms with Crippen molar-refractivity contribution in [3.05, 3.63) is 69.2 Å². The van der Waals surface area contributed by atoms with Gasteiger partial charge in [-0.05, 0) is 61.4 Å². The number of carbonyl (C=O) groups excluding carboxylic acids is 2. The number of rotatable bonds is 11. The van der Waals surface area contributed by atoms with E-state index in [0.29, 0.717) is 29.3 Å². The van der Waals surface area contributed by atoms with E-state index in [0.717, 1.165) is 24.0 Å². The first-order chi connectivity index (χ1) is 15.3. The van der Waals surface area contributed by atoms with E-state index >= 15 is 0 Å². The van der Waals surface area contributed by atoms with Crippen LogP contribution >= 0.6 is 23.2 Å². The van der Waals surface area contributed by atoms with Crippen LogP contribution in [0.15, 0.2) is 42.5 Å². The molecule has 2 amide bonds. The standard InChI is InChI=1S/C26H34Cl2N2O2/c1-5-18(4)29-26(32)24(7-3)30(17-21-13-14-22(27)16-23(21)28)25(31)15-12-20-10-8-19(6-2)9-11-20/h8-11,13-14,16,18,24H,5-7,12,15,17H2,1-4H3,(H,29,32). The maximum atomic E-state index is 13.4. The third kappa shape index (κ3) is 7.53. The van der Waals surface area contributed by atoms with Crippen LogP contribution in [0.5, 0.6) is 0 Å². The summed E-state index contributed by atoms with van der Waals surface area (Å²) in [6, 6.07) is 13.0. The van der Waals surface area contributed by atoms with E-state index in [9.17, 15) is 9.59 Å². The van der Waals surface area contributed by atoms with Crippen molar-refractivity contribution in [3.63, 3.8) is 0 Å². The number of benzene rings is 2. The molecule has 0 saturated heterocycles. The zero-order valence-electron chi connectivity index (χ0n) is 19.5. The summed E-state index contributed by atoms with van der Waals surface area (Å²) in [5, 5.41) is 4.05. The van der Waals surface area contributed by atoms with Gasteiger partial charge in [0.05, 0.1) is 0 Å². The molecule has 0 fully saturated rings. The predicted molar refractivity (Wildman–Crippen MR) is 133 cm³/mol. The van der Waals surface area contributed by atoms with E-state index < -0.39 is 6.04 Å². The quantitative estimate of drug-likeness (QED) is 0.418. The fourth-order valence-electron chi connectivity index (χ4n) is 3.53. The molecule has 4 nitrogen and oxygen atoms in total. The van der Waals surface area contributed by atoms with Gasteiger partial charge in [0.15, 0.2) is 0 Å². The molecular weight excluding hydrogens is 443 g/mol. The van der Waals surface area contributed by atoms with Crippen LogP contribution in [-0.4, -0.2) is 28.8 Å². The van der Waals surface area contributed by atoms with Gasteiger partial charge in [0, 0.05) is 29.1 Å². The Morgan fingerprint density at radius 2 is 1.62 bits per heavy atom. The minimum atomic E-state index is -0.564. The van der Waals surface area contributed by atoms with Gasteiger partial charge in [-0.2, -0.15) is 0 Å². The van der Waals surface area contributed by atoms with Gasteiger partial charge in [0.2, 0.25) is 11.8 Å².